The van der Waals surface area contributed by atoms with E-state index < -0.39 is 0 Å². The maximum absolute atomic E-state index is 5.58. The number of imidazole rings is 1. The highest BCUT2D eigenvalue weighted by atomic mass is 32.1. The lowest BCUT2D eigenvalue weighted by Gasteiger charge is -1.88. The van der Waals surface area contributed by atoms with Gasteiger partial charge in [0.05, 0.1) is 5.52 Å². The Bertz CT molecular complexity index is 655. The number of nitrogens with zero attached hydrogens (tertiary/aromatic N) is 3. The fourth-order valence-corrected chi connectivity index (χ4v) is 1.97. The van der Waals surface area contributed by atoms with Gasteiger partial charge in [-0.15, -0.1) is 11.3 Å². The average Bonchev–Trinajstić information content (AvgIpc) is 2.83. The summed E-state index contributed by atoms with van der Waals surface area (Å²) in [4.78, 5) is 15.7. The van der Waals surface area contributed by atoms with E-state index in [-0.39, 0.29) is 0 Å². The van der Waals surface area contributed by atoms with Gasteiger partial charge in [0.1, 0.15) is 11.5 Å². The minimum Gasteiger partial charge on any atom is -0.384 e. The zero-order valence-corrected chi connectivity index (χ0v) is 8.95. The van der Waals surface area contributed by atoms with Crippen LogP contribution in [-0.2, 0) is 0 Å². The van der Waals surface area contributed by atoms with Gasteiger partial charge in [-0.3, -0.25) is 0 Å². The monoisotopic (exact) mass is 232 g/mol. The molecule has 3 aromatic rings. The molecule has 6 nitrogen and oxygen atoms in total. The zero-order chi connectivity index (χ0) is 11.1. The van der Waals surface area contributed by atoms with Crippen molar-refractivity contribution >= 4 is 33.5 Å². The van der Waals surface area contributed by atoms with Gasteiger partial charge in [-0.1, -0.05) is 0 Å². The van der Waals surface area contributed by atoms with Crippen molar-refractivity contribution in [2.45, 2.75) is 0 Å². The molecule has 3 aromatic heterocycles. The number of nitrogen functional groups attached to an aromatic ring is 2. The van der Waals surface area contributed by atoms with Crippen molar-refractivity contribution in [2.75, 3.05) is 11.5 Å². The lowest BCUT2D eigenvalue weighted by atomic mass is 10.4. The van der Waals surface area contributed by atoms with E-state index in [0.29, 0.717) is 22.4 Å². The maximum atomic E-state index is 5.58. The van der Waals surface area contributed by atoms with E-state index in [0.717, 1.165) is 11.2 Å². The van der Waals surface area contributed by atoms with Gasteiger partial charge < -0.3 is 16.5 Å². The molecule has 3 heterocycles. The van der Waals surface area contributed by atoms with E-state index >= 15 is 0 Å². The molecule has 0 aliphatic heterocycles. The van der Waals surface area contributed by atoms with Crippen LogP contribution in [0.5, 0.6) is 0 Å². The molecule has 3 rings (SSSR count). The van der Waals surface area contributed by atoms with Gasteiger partial charge in [0.15, 0.2) is 16.6 Å². The number of aromatic nitrogens is 4. The summed E-state index contributed by atoms with van der Waals surface area (Å²) < 4.78 is 0. The molecular weight excluding hydrogens is 224 g/mol. The Morgan fingerprint density at radius 1 is 1.12 bits per heavy atom. The van der Waals surface area contributed by atoms with Crippen LogP contribution in [0.4, 0.5) is 10.9 Å². The molecule has 0 saturated carbocycles. The third-order valence-electron chi connectivity index (χ3n) is 2.13. The first-order chi connectivity index (χ1) is 7.72. The van der Waals surface area contributed by atoms with Crippen LogP contribution in [0.25, 0.3) is 22.7 Å². The quantitative estimate of drug-likeness (QED) is 0.585. The molecule has 0 aliphatic rings. The van der Waals surface area contributed by atoms with Gasteiger partial charge in [0.2, 0.25) is 0 Å². The van der Waals surface area contributed by atoms with Crippen LogP contribution >= 0.6 is 11.3 Å². The molecule has 0 bridgehead atoms. The number of rotatable bonds is 1. The third kappa shape index (κ3) is 1.38. The SMILES string of the molecule is Nc1ccc2[nH]c(-c3csc(N)n3)nc2n1. The van der Waals surface area contributed by atoms with Gasteiger partial charge >= 0.3 is 0 Å². The topological polar surface area (TPSA) is 106 Å². The summed E-state index contributed by atoms with van der Waals surface area (Å²) >= 11 is 1.37. The summed E-state index contributed by atoms with van der Waals surface area (Å²) in [5.41, 5.74) is 13.3. The van der Waals surface area contributed by atoms with Gasteiger partial charge in [0.25, 0.3) is 0 Å². The van der Waals surface area contributed by atoms with Crippen LogP contribution in [0.3, 0.4) is 0 Å². The fraction of sp³-hybridized carbons (Fsp3) is 0. The van der Waals surface area contributed by atoms with Crippen LogP contribution in [0.1, 0.15) is 0 Å². The number of anilines is 2. The summed E-state index contributed by atoms with van der Waals surface area (Å²) in [6.45, 7) is 0. The second-order valence-electron chi connectivity index (χ2n) is 3.26. The first kappa shape index (κ1) is 9.10. The highest BCUT2D eigenvalue weighted by Crippen LogP contribution is 2.22. The number of aromatic amines is 1. The Balaban J connectivity index is 2.18. The zero-order valence-electron chi connectivity index (χ0n) is 8.14. The van der Waals surface area contributed by atoms with Crippen molar-refractivity contribution in [1.82, 2.24) is 19.9 Å². The second-order valence-corrected chi connectivity index (χ2v) is 4.15. The lowest BCUT2D eigenvalue weighted by molar-refractivity contribution is 1.26. The van der Waals surface area contributed by atoms with Crippen molar-refractivity contribution in [3.63, 3.8) is 0 Å². The summed E-state index contributed by atoms with van der Waals surface area (Å²) in [6, 6.07) is 3.56. The molecule has 0 aromatic carbocycles. The van der Waals surface area contributed by atoms with Gasteiger partial charge in [-0.2, -0.15) is 0 Å². The molecule has 0 aliphatic carbocycles. The average molecular weight is 232 g/mol. The van der Waals surface area contributed by atoms with Crippen molar-refractivity contribution in [1.29, 1.82) is 0 Å². The Labute approximate surface area is 94.4 Å². The van der Waals surface area contributed by atoms with Gasteiger partial charge in [-0.05, 0) is 12.1 Å². The normalized spacial score (nSPS) is 11.0. The first-order valence-electron chi connectivity index (χ1n) is 4.56. The molecule has 5 N–H and O–H groups in total. The van der Waals surface area contributed by atoms with Crippen LogP contribution in [-0.4, -0.2) is 19.9 Å². The molecule has 7 heteroatoms. The molecule has 0 atom stereocenters. The van der Waals surface area contributed by atoms with Crippen molar-refractivity contribution in [3.8, 4) is 11.5 Å². The number of thiazole rings is 1. The van der Waals surface area contributed by atoms with E-state index in [1.54, 1.807) is 6.07 Å². The standard InChI is InChI=1S/C9H8N6S/c10-6-2-1-4-7(14-6)15-8(12-4)5-3-16-9(11)13-5/h1-3H,(H2,11,13)(H3,10,12,14,15). The molecule has 0 radical (unpaired) electrons. The highest BCUT2D eigenvalue weighted by molar-refractivity contribution is 7.13. The molecule has 0 unspecified atom stereocenters. The molecule has 0 spiro atoms. The predicted molar refractivity (Wildman–Crippen MR) is 63.8 cm³/mol. The fourth-order valence-electron chi connectivity index (χ4n) is 1.42. The number of fused-ring (bicyclic) bond motifs is 1. The summed E-state index contributed by atoms with van der Waals surface area (Å²) in [7, 11) is 0. The number of H-pyrrole nitrogens is 1. The van der Waals surface area contributed by atoms with Crippen LogP contribution < -0.4 is 11.5 Å². The van der Waals surface area contributed by atoms with Crippen molar-refractivity contribution < 1.29 is 0 Å². The Kier molecular flexibility index (Phi) is 1.80. The van der Waals surface area contributed by atoms with E-state index in [9.17, 15) is 0 Å². The van der Waals surface area contributed by atoms with Crippen LogP contribution in [0.2, 0.25) is 0 Å². The molecule has 0 fully saturated rings. The Hall–Kier alpha value is -2.15. The minimum absolute atomic E-state index is 0.448. The van der Waals surface area contributed by atoms with E-state index in [1.165, 1.54) is 11.3 Å². The maximum Gasteiger partial charge on any atom is 0.180 e. The molecular formula is C9H8N6S. The predicted octanol–water partition coefficient (Wildman–Crippen LogP) is 1.25. The number of nitrogens with two attached hydrogens (primary N) is 2. The minimum atomic E-state index is 0.448. The molecule has 0 amide bonds. The number of hydrogen-bond donors (Lipinski definition) is 3. The summed E-state index contributed by atoms with van der Waals surface area (Å²) in [5.74, 6) is 1.10. The Morgan fingerprint density at radius 3 is 2.75 bits per heavy atom. The van der Waals surface area contributed by atoms with Crippen LogP contribution in [0, 0.1) is 0 Å². The summed E-state index contributed by atoms with van der Waals surface area (Å²) in [6.07, 6.45) is 0. The summed E-state index contributed by atoms with van der Waals surface area (Å²) in [5, 5.41) is 2.36. The third-order valence-corrected chi connectivity index (χ3v) is 2.81. The number of nitrogens with one attached hydrogen (secondary N) is 1. The Morgan fingerprint density at radius 2 is 2.00 bits per heavy atom. The molecule has 0 saturated heterocycles. The number of hydrogen-bond acceptors (Lipinski definition) is 6. The van der Waals surface area contributed by atoms with Gasteiger partial charge in [0, 0.05) is 5.38 Å². The number of pyridine rings is 1. The smallest absolute Gasteiger partial charge is 0.180 e. The largest absolute Gasteiger partial charge is 0.384 e. The van der Waals surface area contributed by atoms with E-state index in [1.807, 2.05) is 11.4 Å². The van der Waals surface area contributed by atoms with Crippen molar-refractivity contribution in [2.24, 2.45) is 0 Å². The molecule has 16 heavy (non-hydrogen) atoms. The van der Waals surface area contributed by atoms with E-state index in [2.05, 4.69) is 19.9 Å². The molecule has 80 valence electrons. The highest BCUT2D eigenvalue weighted by Gasteiger charge is 2.09. The lowest BCUT2D eigenvalue weighted by Crippen LogP contribution is -1.88. The van der Waals surface area contributed by atoms with Gasteiger partial charge in [-0.25, -0.2) is 15.0 Å². The van der Waals surface area contributed by atoms with E-state index in [4.69, 9.17) is 11.5 Å². The van der Waals surface area contributed by atoms with Crippen LogP contribution in [0.15, 0.2) is 17.5 Å². The second kappa shape index (κ2) is 3.17. The first-order valence-corrected chi connectivity index (χ1v) is 5.44. The van der Waals surface area contributed by atoms with Crippen molar-refractivity contribution in [3.05, 3.63) is 17.5 Å².